The molecule has 1 aliphatic heterocycles. The third kappa shape index (κ3) is 5.74. The number of anilines is 1. The van der Waals surface area contributed by atoms with Gasteiger partial charge in [0.15, 0.2) is 0 Å². The second-order valence-electron chi connectivity index (χ2n) is 7.57. The van der Waals surface area contributed by atoms with Crippen LogP contribution in [-0.4, -0.2) is 49.7 Å². The summed E-state index contributed by atoms with van der Waals surface area (Å²) in [7, 11) is 5.38. The van der Waals surface area contributed by atoms with Crippen LogP contribution in [-0.2, 0) is 15.8 Å². The van der Waals surface area contributed by atoms with E-state index in [2.05, 4.69) is 10.6 Å². The number of rotatable bonds is 7. The molecule has 6 nitrogen and oxygen atoms in total. The fraction of sp³-hybridized carbons (Fsp3) is 0.364. The molecular weight excluding hydrogens is 443 g/mol. The minimum atomic E-state index is -4.49. The van der Waals surface area contributed by atoms with Gasteiger partial charge in [-0.1, -0.05) is 12.1 Å². The first kappa shape index (κ1) is 23.9. The number of carbonyl (C=O) groups is 2. The van der Waals surface area contributed by atoms with Crippen LogP contribution in [0, 0.1) is 0 Å². The third-order valence-corrected chi connectivity index (χ3v) is 6.37. The highest BCUT2D eigenvalue weighted by molar-refractivity contribution is 8.01. The SMILES string of the molecule is COc1cccc(C(CNC(=O)CC2Sc3ccc(C(F)(F)F)cc3NC2=O)N(C)C)c1. The Labute approximate surface area is 188 Å². The van der Waals surface area contributed by atoms with Crippen LogP contribution in [0.15, 0.2) is 47.4 Å². The molecule has 0 saturated heterocycles. The van der Waals surface area contributed by atoms with Crippen LogP contribution in [0.4, 0.5) is 18.9 Å². The maximum Gasteiger partial charge on any atom is 0.416 e. The summed E-state index contributed by atoms with van der Waals surface area (Å²) in [6.07, 6.45) is -4.58. The highest BCUT2D eigenvalue weighted by Gasteiger charge is 2.34. The van der Waals surface area contributed by atoms with E-state index in [4.69, 9.17) is 4.74 Å². The molecule has 32 heavy (non-hydrogen) atoms. The van der Waals surface area contributed by atoms with E-state index in [9.17, 15) is 22.8 Å². The number of carbonyl (C=O) groups excluding carboxylic acids is 2. The number of halogens is 3. The number of nitrogens with one attached hydrogen (secondary N) is 2. The molecule has 2 amide bonds. The Morgan fingerprint density at radius 2 is 2.00 bits per heavy atom. The molecule has 1 aliphatic rings. The summed E-state index contributed by atoms with van der Waals surface area (Å²) in [5.74, 6) is -0.0972. The lowest BCUT2D eigenvalue weighted by Crippen LogP contribution is -2.38. The minimum absolute atomic E-state index is 0.0881. The zero-order valence-electron chi connectivity index (χ0n) is 17.8. The van der Waals surface area contributed by atoms with Crippen molar-refractivity contribution in [3.63, 3.8) is 0 Å². The Bertz CT molecular complexity index is 998. The topological polar surface area (TPSA) is 70.7 Å². The first-order valence-corrected chi connectivity index (χ1v) is 10.7. The normalized spacial score (nSPS) is 16.8. The van der Waals surface area contributed by atoms with Gasteiger partial charge in [-0.3, -0.25) is 9.59 Å². The van der Waals surface area contributed by atoms with Crippen molar-refractivity contribution in [2.24, 2.45) is 0 Å². The second-order valence-corrected chi connectivity index (χ2v) is 8.81. The van der Waals surface area contributed by atoms with E-state index in [0.29, 0.717) is 17.2 Å². The van der Waals surface area contributed by atoms with Crippen molar-refractivity contribution in [3.8, 4) is 5.75 Å². The van der Waals surface area contributed by atoms with Crippen molar-refractivity contribution >= 4 is 29.3 Å². The van der Waals surface area contributed by atoms with Crippen molar-refractivity contribution in [1.82, 2.24) is 10.2 Å². The minimum Gasteiger partial charge on any atom is -0.497 e. The smallest absolute Gasteiger partial charge is 0.416 e. The van der Waals surface area contributed by atoms with E-state index < -0.39 is 22.9 Å². The molecule has 2 unspecified atom stereocenters. The van der Waals surface area contributed by atoms with Gasteiger partial charge in [0.1, 0.15) is 5.75 Å². The number of likely N-dealkylation sites (N-methyl/N-ethyl adjacent to an activating group) is 1. The summed E-state index contributed by atoms with van der Waals surface area (Å²) in [5, 5.41) is 4.62. The van der Waals surface area contributed by atoms with E-state index in [1.54, 1.807) is 7.11 Å². The molecule has 1 heterocycles. The average Bonchev–Trinajstić information content (AvgIpc) is 2.73. The van der Waals surface area contributed by atoms with Crippen LogP contribution < -0.4 is 15.4 Å². The summed E-state index contributed by atoms with van der Waals surface area (Å²) in [6, 6.07) is 10.6. The average molecular weight is 468 g/mol. The van der Waals surface area contributed by atoms with Gasteiger partial charge in [0.05, 0.1) is 29.7 Å². The van der Waals surface area contributed by atoms with Crippen LogP contribution in [0.3, 0.4) is 0 Å². The zero-order valence-corrected chi connectivity index (χ0v) is 18.6. The molecule has 2 atom stereocenters. The lowest BCUT2D eigenvalue weighted by molar-refractivity contribution is -0.137. The van der Waals surface area contributed by atoms with Gasteiger partial charge in [0, 0.05) is 17.9 Å². The second kappa shape index (κ2) is 9.83. The quantitative estimate of drug-likeness (QED) is 0.646. The number of fused-ring (bicyclic) bond motifs is 1. The van der Waals surface area contributed by atoms with Crippen molar-refractivity contribution in [3.05, 3.63) is 53.6 Å². The van der Waals surface area contributed by atoms with Gasteiger partial charge in [-0.2, -0.15) is 13.2 Å². The summed E-state index contributed by atoms with van der Waals surface area (Å²) in [4.78, 5) is 27.4. The van der Waals surface area contributed by atoms with E-state index in [1.807, 2.05) is 43.3 Å². The van der Waals surface area contributed by atoms with Crippen LogP contribution >= 0.6 is 11.8 Å². The molecular formula is C22H24F3N3O3S. The number of amides is 2. The molecule has 2 N–H and O–H groups in total. The predicted molar refractivity (Wildman–Crippen MR) is 117 cm³/mol. The van der Waals surface area contributed by atoms with Gasteiger partial charge in [-0.05, 0) is 50.0 Å². The molecule has 0 spiro atoms. The molecule has 0 radical (unpaired) electrons. The Balaban J connectivity index is 1.62. The van der Waals surface area contributed by atoms with E-state index in [1.165, 1.54) is 6.07 Å². The Morgan fingerprint density at radius 1 is 1.25 bits per heavy atom. The maximum atomic E-state index is 12.9. The number of alkyl halides is 3. The summed E-state index contributed by atoms with van der Waals surface area (Å²) < 4.78 is 43.9. The van der Waals surface area contributed by atoms with E-state index >= 15 is 0 Å². The van der Waals surface area contributed by atoms with Crippen molar-refractivity contribution < 1.29 is 27.5 Å². The number of hydrogen-bond acceptors (Lipinski definition) is 5. The molecule has 0 aromatic heterocycles. The lowest BCUT2D eigenvalue weighted by atomic mass is 10.1. The van der Waals surface area contributed by atoms with Crippen LogP contribution in [0.5, 0.6) is 5.75 Å². The number of thioether (sulfide) groups is 1. The molecule has 0 aliphatic carbocycles. The van der Waals surface area contributed by atoms with Crippen LogP contribution in [0.25, 0.3) is 0 Å². The molecule has 0 bridgehead atoms. The predicted octanol–water partition coefficient (Wildman–Crippen LogP) is 3.94. The fourth-order valence-electron chi connectivity index (χ4n) is 3.36. The van der Waals surface area contributed by atoms with Gasteiger partial charge in [0.2, 0.25) is 11.8 Å². The first-order valence-electron chi connectivity index (χ1n) is 9.84. The number of methoxy groups -OCH3 is 1. The van der Waals surface area contributed by atoms with Crippen molar-refractivity contribution in [1.29, 1.82) is 0 Å². The monoisotopic (exact) mass is 467 g/mol. The Kier molecular flexibility index (Phi) is 7.35. The standard InChI is InChI=1S/C22H24F3N3O3S/c1-28(2)17(13-5-4-6-15(9-13)31-3)12-26-20(29)11-19-21(30)27-16-10-14(22(23,24)25)7-8-18(16)32-19/h4-10,17,19H,11-12H2,1-3H3,(H,26,29)(H,27,30). The largest absolute Gasteiger partial charge is 0.497 e. The van der Waals surface area contributed by atoms with E-state index in [-0.39, 0.29) is 24.1 Å². The molecule has 0 saturated carbocycles. The molecule has 2 aromatic carbocycles. The van der Waals surface area contributed by atoms with Gasteiger partial charge >= 0.3 is 6.18 Å². The number of ether oxygens (including phenoxy) is 1. The molecule has 3 rings (SSSR count). The first-order chi connectivity index (χ1) is 15.1. The van der Waals surface area contributed by atoms with Crippen LogP contribution in [0.1, 0.15) is 23.6 Å². The number of benzene rings is 2. The number of nitrogens with zero attached hydrogens (tertiary/aromatic N) is 1. The molecule has 2 aromatic rings. The Morgan fingerprint density at radius 3 is 2.66 bits per heavy atom. The number of hydrogen-bond donors (Lipinski definition) is 2. The third-order valence-electron chi connectivity index (χ3n) is 5.09. The zero-order chi connectivity index (χ0) is 23.5. The van der Waals surface area contributed by atoms with Gasteiger partial charge in [-0.15, -0.1) is 11.8 Å². The van der Waals surface area contributed by atoms with Gasteiger partial charge in [-0.25, -0.2) is 0 Å². The van der Waals surface area contributed by atoms with Gasteiger partial charge < -0.3 is 20.3 Å². The molecule has 172 valence electrons. The van der Waals surface area contributed by atoms with Crippen molar-refractivity contribution in [2.75, 3.05) is 33.1 Å². The highest BCUT2D eigenvalue weighted by Crippen LogP contribution is 2.40. The summed E-state index contributed by atoms with van der Waals surface area (Å²) >= 11 is 1.09. The lowest BCUT2D eigenvalue weighted by Gasteiger charge is -2.27. The van der Waals surface area contributed by atoms with Crippen molar-refractivity contribution in [2.45, 2.75) is 28.8 Å². The highest BCUT2D eigenvalue weighted by atomic mass is 32.2. The molecule has 10 heteroatoms. The fourth-order valence-corrected chi connectivity index (χ4v) is 4.45. The summed E-state index contributed by atoms with van der Waals surface area (Å²) in [5.41, 5.74) is 0.242. The molecule has 0 fully saturated rings. The Hall–Kier alpha value is -2.72. The maximum absolute atomic E-state index is 12.9. The van der Waals surface area contributed by atoms with E-state index in [0.717, 1.165) is 29.5 Å². The van der Waals surface area contributed by atoms with Crippen LogP contribution in [0.2, 0.25) is 0 Å². The summed E-state index contributed by atoms with van der Waals surface area (Å²) in [6.45, 7) is 0.323. The van der Waals surface area contributed by atoms with Gasteiger partial charge in [0.25, 0.3) is 0 Å².